The molecule has 0 aliphatic carbocycles. The van der Waals surface area contributed by atoms with Crippen LogP contribution in [-0.4, -0.2) is 39.7 Å². The second-order valence-electron chi connectivity index (χ2n) is 7.05. The van der Waals surface area contributed by atoms with Gasteiger partial charge in [0.05, 0.1) is 12.4 Å². The summed E-state index contributed by atoms with van der Waals surface area (Å²) in [5, 5.41) is 3.72. The van der Waals surface area contributed by atoms with Crippen LogP contribution in [0.4, 0.5) is 4.79 Å². The first-order valence-electron chi connectivity index (χ1n) is 9.69. The van der Waals surface area contributed by atoms with Crippen molar-refractivity contribution in [2.45, 2.75) is 25.4 Å². The fourth-order valence-corrected chi connectivity index (χ4v) is 3.64. The highest BCUT2D eigenvalue weighted by Gasteiger charge is 2.29. The lowest BCUT2D eigenvalue weighted by Gasteiger charge is -2.25. The van der Waals surface area contributed by atoms with Crippen molar-refractivity contribution in [2.75, 3.05) is 13.2 Å². The summed E-state index contributed by atoms with van der Waals surface area (Å²) in [5.41, 5.74) is 2.06. The maximum absolute atomic E-state index is 12.7. The molecule has 1 aliphatic rings. The van der Waals surface area contributed by atoms with Crippen molar-refractivity contribution in [3.63, 3.8) is 0 Å². The second-order valence-corrected chi connectivity index (χ2v) is 7.49. The Morgan fingerprint density at radius 3 is 2.90 bits per heavy atom. The van der Waals surface area contributed by atoms with Crippen molar-refractivity contribution >= 4 is 17.6 Å². The van der Waals surface area contributed by atoms with Crippen molar-refractivity contribution in [2.24, 2.45) is 0 Å². The Balaban J connectivity index is 1.32. The van der Waals surface area contributed by atoms with E-state index in [-0.39, 0.29) is 12.1 Å². The molecular weight excluding hydrogens is 388 g/mol. The largest absolute Gasteiger partial charge is 0.491 e. The van der Waals surface area contributed by atoms with Gasteiger partial charge < -0.3 is 19.5 Å². The number of ether oxygens (including phenoxy) is 1. The molecule has 3 aromatic rings. The number of benzene rings is 2. The molecule has 7 heteroatoms. The van der Waals surface area contributed by atoms with E-state index in [1.165, 1.54) is 0 Å². The number of nitrogens with zero attached hydrogens (tertiary/aromatic N) is 3. The quantitative estimate of drug-likeness (QED) is 0.659. The van der Waals surface area contributed by atoms with Gasteiger partial charge in [-0.15, -0.1) is 0 Å². The zero-order chi connectivity index (χ0) is 20.1. The van der Waals surface area contributed by atoms with Gasteiger partial charge in [0.25, 0.3) is 0 Å². The van der Waals surface area contributed by atoms with Gasteiger partial charge in [-0.05, 0) is 54.8 Å². The van der Waals surface area contributed by atoms with Crippen LogP contribution < -0.4 is 10.1 Å². The molecular formula is C22H23ClN4O2. The van der Waals surface area contributed by atoms with Crippen LogP contribution >= 0.6 is 11.6 Å². The minimum atomic E-state index is -0.0553. The van der Waals surface area contributed by atoms with E-state index in [1.807, 2.05) is 52.1 Å². The number of carbonyl (C=O) groups excluding carboxylic acids is 1. The summed E-state index contributed by atoms with van der Waals surface area (Å²) in [6, 6.07) is 15.3. The van der Waals surface area contributed by atoms with E-state index in [2.05, 4.69) is 10.3 Å². The molecule has 29 heavy (non-hydrogen) atoms. The van der Waals surface area contributed by atoms with E-state index in [1.54, 1.807) is 24.7 Å². The highest BCUT2D eigenvalue weighted by atomic mass is 35.5. The molecule has 1 aliphatic heterocycles. The first-order chi connectivity index (χ1) is 14.2. The van der Waals surface area contributed by atoms with Crippen molar-refractivity contribution in [3.05, 3.63) is 77.8 Å². The number of hydrogen-bond acceptors (Lipinski definition) is 3. The fourth-order valence-electron chi connectivity index (χ4n) is 3.52. The molecule has 4 rings (SSSR count). The van der Waals surface area contributed by atoms with Gasteiger partial charge in [0.1, 0.15) is 12.4 Å². The molecule has 0 unspecified atom stereocenters. The number of hydrogen-bond donors (Lipinski definition) is 1. The molecule has 0 saturated carbocycles. The van der Waals surface area contributed by atoms with Gasteiger partial charge >= 0.3 is 6.03 Å². The summed E-state index contributed by atoms with van der Waals surface area (Å²) in [4.78, 5) is 18.7. The molecule has 150 valence electrons. The summed E-state index contributed by atoms with van der Waals surface area (Å²) in [6.45, 7) is 1.70. The van der Waals surface area contributed by atoms with Crippen LogP contribution in [0.3, 0.4) is 0 Å². The first kappa shape index (κ1) is 19.3. The number of nitrogens with one attached hydrogen (secondary N) is 1. The lowest BCUT2D eigenvalue weighted by Crippen LogP contribution is -2.44. The molecule has 1 aromatic heterocycles. The first-order valence-corrected chi connectivity index (χ1v) is 10.1. The summed E-state index contributed by atoms with van der Waals surface area (Å²) in [6.07, 6.45) is 7.32. The summed E-state index contributed by atoms with van der Waals surface area (Å²) in [5.74, 6) is 0.762. The molecule has 1 saturated heterocycles. The van der Waals surface area contributed by atoms with Crippen LogP contribution in [0.15, 0.2) is 67.3 Å². The Morgan fingerprint density at radius 1 is 1.24 bits per heavy atom. The van der Waals surface area contributed by atoms with Crippen LogP contribution in [0, 0.1) is 0 Å². The third-order valence-corrected chi connectivity index (χ3v) is 5.30. The van der Waals surface area contributed by atoms with E-state index >= 15 is 0 Å². The molecule has 0 spiro atoms. The third-order valence-electron chi connectivity index (χ3n) is 5.05. The van der Waals surface area contributed by atoms with E-state index in [9.17, 15) is 4.79 Å². The monoisotopic (exact) mass is 410 g/mol. The Hall–Kier alpha value is -2.99. The SMILES string of the molecule is O=C(NCc1cccc(-n2ccnc2)c1)N1CCC[C@H]1COc1ccc(Cl)cc1. The third kappa shape index (κ3) is 4.90. The summed E-state index contributed by atoms with van der Waals surface area (Å²) in [7, 11) is 0. The van der Waals surface area contributed by atoms with E-state index in [4.69, 9.17) is 16.3 Å². The van der Waals surface area contributed by atoms with Gasteiger partial charge in [-0.1, -0.05) is 23.7 Å². The van der Waals surface area contributed by atoms with Crippen LogP contribution in [0.2, 0.25) is 5.02 Å². The fraction of sp³-hybridized carbons (Fsp3) is 0.273. The van der Waals surface area contributed by atoms with Crippen molar-refractivity contribution in [1.29, 1.82) is 0 Å². The number of imidazole rings is 1. The van der Waals surface area contributed by atoms with E-state index in [0.717, 1.165) is 36.4 Å². The van der Waals surface area contributed by atoms with Gasteiger partial charge in [-0.2, -0.15) is 0 Å². The zero-order valence-corrected chi connectivity index (χ0v) is 16.8. The normalized spacial score (nSPS) is 16.0. The molecule has 2 heterocycles. The van der Waals surface area contributed by atoms with Gasteiger partial charge in [-0.3, -0.25) is 0 Å². The van der Waals surface area contributed by atoms with Crippen LogP contribution in [-0.2, 0) is 6.54 Å². The van der Waals surface area contributed by atoms with Gasteiger partial charge in [0.2, 0.25) is 0 Å². The molecule has 0 bridgehead atoms. The Bertz CT molecular complexity index is 944. The Kier molecular flexibility index (Phi) is 6.00. The highest BCUT2D eigenvalue weighted by molar-refractivity contribution is 6.30. The standard InChI is InChI=1S/C22H23ClN4O2/c23-18-6-8-21(9-7-18)29-15-20-5-2-11-27(20)22(28)25-14-17-3-1-4-19(13-17)26-12-10-24-16-26/h1,3-4,6-10,12-13,16,20H,2,5,11,14-15H2,(H,25,28)/t20-/m0/s1. The average Bonchev–Trinajstić information content (AvgIpc) is 3.44. The molecule has 2 amide bonds. The molecule has 0 radical (unpaired) electrons. The lowest BCUT2D eigenvalue weighted by molar-refractivity contribution is 0.165. The number of urea groups is 1. The molecule has 1 fully saturated rings. The maximum atomic E-state index is 12.7. The minimum Gasteiger partial charge on any atom is -0.491 e. The number of likely N-dealkylation sites (tertiary alicyclic amines) is 1. The van der Waals surface area contributed by atoms with Crippen LogP contribution in [0.5, 0.6) is 5.75 Å². The maximum Gasteiger partial charge on any atom is 0.318 e. The van der Waals surface area contributed by atoms with Crippen molar-refractivity contribution in [3.8, 4) is 11.4 Å². The number of aromatic nitrogens is 2. The average molecular weight is 411 g/mol. The lowest BCUT2D eigenvalue weighted by atomic mass is 10.2. The molecule has 1 atom stereocenters. The Morgan fingerprint density at radius 2 is 2.10 bits per heavy atom. The zero-order valence-electron chi connectivity index (χ0n) is 16.0. The topological polar surface area (TPSA) is 59.4 Å². The minimum absolute atomic E-state index is 0.0553. The summed E-state index contributed by atoms with van der Waals surface area (Å²) < 4.78 is 7.80. The number of rotatable bonds is 6. The summed E-state index contributed by atoms with van der Waals surface area (Å²) >= 11 is 5.91. The number of amides is 2. The van der Waals surface area contributed by atoms with E-state index in [0.29, 0.717) is 18.2 Å². The van der Waals surface area contributed by atoms with Crippen molar-refractivity contribution in [1.82, 2.24) is 19.8 Å². The molecule has 1 N–H and O–H groups in total. The van der Waals surface area contributed by atoms with E-state index < -0.39 is 0 Å². The predicted octanol–water partition coefficient (Wildman–Crippen LogP) is 4.28. The molecule has 2 aromatic carbocycles. The predicted molar refractivity (Wildman–Crippen MR) is 112 cm³/mol. The highest BCUT2D eigenvalue weighted by Crippen LogP contribution is 2.21. The smallest absolute Gasteiger partial charge is 0.318 e. The van der Waals surface area contributed by atoms with Crippen molar-refractivity contribution < 1.29 is 9.53 Å². The second kappa shape index (κ2) is 9.01. The van der Waals surface area contributed by atoms with Gasteiger partial charge in [0, 0.05) is 36.2 Å². The van der Waals surface area contributed by atoms with Crippen LogP contribution in [0.25, 0.3) is 5.69 Å². The number of carbonyl (C=O) groups is 1. The van der Waals surface area contributed by atoms with Gasteiger partial charge in [-0.25, -0.2) is 9.78 Å². The van der Waals surface area contributed by atoms with Gasteiger partial charge in [0.15, 0.2) is 0 Å². The van der Waals surface area contributed by atoms with Crippen LogP contribution in [0.1, 0.15) is 18.4 Å². The number of halogens is 1. The molecule has 6 nitrogen and oxygen atoms in total. The Labute approximate surface area is 175 Å².